The van der Waals surface area contributed by atoms with Crippen molar-refractivity contribution >= 4 is 28.9 Å². The van der Waals surface area contributed by atoms with Gasteiger partial charge in [-0.1, -0.05) is 43.0 Å². The Hall–Kier alpha value is -3.39. The summed E-state index contributed by atoms with van der Waals surface area (Å²) in [5, 5.41) is 16.7. The van der Waals surface area contributed by atoms with Gasteiger partial charge in [-0.25, -0.2) is 18.6 Å². The lowest BCUT2D eigenvalue weighted by Crippen LogP contribution is -2.51. The quantitative estimate of drug-likeness (QED) is 0.327. The zero-order valence-corrected chi connectivity index (χ0v) is 20.2. The van der Waals surface area contributed by atoms with Crippen molar-refractivity contribution in [1.82, 2.24) is 4.98 Å². The Bertz CT molecular complexity index is 1220. The molecule has 1 aromatic heterocycles. The first-order valence-electron chi connectivity index (χ1n) is 12.0. The zero-order chi connectivity index (χ0) is 25.3. The highest BCUT2D eigenvalue weighted by Gasteiger charge is 2.49. The molecule has 1 saturated carbocycles. The summed E-state index contributed by atoms with van der Waals surface area (Å²) in [6.45, 7) is 0.264. The highest BCUT2D eigenvalue weighted by molar-refractivity contribution is 6.30. The standard InChI is InChI=1S/C27H26ClF2N3O3/c28-18-8-6-17(7-9-18)27(32-24-12-21(29)22(30)13-25(24)33-27)20(16-4-2-1-3-5-16)15-36-19-10-11-23(26(34)35)31-14-19/h6-14,16,20,32-33H,1-5,15H2,(H,34,35). The molecule has 5 rings (SSSR count). The van der Waals surface area contributed by atoms with Crippen LogP contribution in [0, 0.1) is 23.5 Å². The fourth-order valence-corrected chi connectivity index (χ4v) is 5.52. The number of hydrogen-bond donors (Lipinski definition) is 3. The zero-order valence-electron chi connectivity index (χ0n) is 19.4. The molecule has 0 saturated heterocycles. The lowest BCUT2D eigenvalue weighted by molar-refractivity contribution is 0.0690. The van der Waals surface area contributed by atoms with Gasteiger partial charge in [-0.05, 0) is 48.6 Å². The van der Waals surface area contributed by atoms with Crippen LogP contribution < -0.4 is 15.4 Å². The molecule has 9 heteroatoms. The Labute approximate surface area is 212 Å². The average Bonchev–Trinajstić information content (AvgIpc) is 3.24. The van der Waals surface area contributed by atoms with Crippen LogP contribution in [0.5, 0.6) is 5.75 Å². The molecule has 1 aliphatic heterocycles. The summed E-state index contributed by atoms with van der Waals surface area (Å²) in [4.78, 5) is 15.1. The fourth-order valence-electron chi connectivity index (χ4n) is 5.40. The van der Waals surface area contributed by atoms with E-state index in [4.69, 9.17) is 21.4 Å². The third kappa shape index (κ3) is 4.69. The summed E-state index contributed by atoms with van der Waals surface area (Å²) in [7, 11) is 0. The molecule has 1 aliphatic carbocycles. The summed E-state index contributed by atoms with van der Waals surface area (Å²) in [6, 6.07) is 12.7. The lowest BCUT2D eigenvalue weighted by atomic mass is 9.72. The molecule has 2 heterocycles. The van der Waals surface area contributed by atoms with E-state index in [9.17, 15) is 13.6 Å². The third-order valence-electron chi connectivity index (χ3n) is 7.18. The second kappa shape index (κ2) is 9.93. The Morgan fingerprint density at radius 1 is 1.06 bits per heavy atom. The summed E-state index contributed by atoms with van der Waals surface area (Å²) in [6.07, 6.45) is 6.71. The smallest absolute Gasteiger partial charge is 0.354 e. The highest BCUT2D eigenvalue weighted by atomic mass is 35.5. The molecule has 1 fully saturated rings. The maximum Gasteiger partial charge on any atom is 0.354 e. The van der Waals surface area contributed by atoms with Crippen LogP contribution in [0.2, 0.25) is 5.02 Å². The molecule has 36 heavy (non-hydrogen) atoms. The Morgan fingerprint density at radius 3 is 2.25 bits per heavy atom. The minimum atomic E-state index is -1.11. The van der Waals surface area contributed by atoms with Crippen molar-refractivity contribution in [1.29, 1.82) is 0 Å². The first-order chi connectivity index (χ1) is 17.4. The Balaban J connectivity index is 1.54. The van der Waals surface area contributed by atoms with Gasteiger partial charge in [-0.2, -0.15) is 0 Å². The molecule has 6 nitrogen and oxygen atoms in total. The minimum Gasteiger partial charge on any atom is -0.491 e. The van der Waals surface area contributed by atoms with E-state index in [0.29, 0.717) is 22.1 Å². The van der Waals surface area contributed by atoms with Crippen LogP contribution in [0.4, 0.5) is 20.2 Å². The van der Waals surface area contributed by atoms with Crippen LogP contribution in [0.15, 0.2) is 54.7 Å². The van der Waals surface area contributed by atoms with E-state index < -0.39 is 23.3 Å². The lowest BCUT2D eigenvalue weighted by Gasteiger charge is -2.44. The molecule has 1 atom stereocenters. The van der Waals surface area contributed by atoms with Crippen molar-refractivity contribution in [3.8, 4) is 5.75 Å². The second-order valence-electron chi connectivity index (χ2n) is 9.38. The molecule has 2 aromatic carbocycles. The Morgan fingerprint density at radius 2 is 1.69 bits per heavy atom. The monoisotopic (exact) mass is 513 g/mol. The number of benzene rings is 2. The summed E-state index contributed by atoms with van der Waals surface area (Å²) < 4.78 is 34.5. The van der Waals surface area contributed by atoms with E-state index in [2.05, 4.69) is 15.6 Å². The number of carboxylic acid groups (broad SMARTS) is 1. The molecule has 0 spiro atoms. The van der Waals surface area contributed by atoms with Crippen molar-refractivity contribution in [2.75, 3.05) is 17.2 Å². The number of nitrogens with zero attached hydrogens (tertiary/aromatic N) is 1. The largest absolute Gasteiger partial charge is 0.491 e. The molecule has 0 amide bonds. The minimum absolute atomic E-state index is 0.0672. The third-order valence-corrected chi connectivity index (χ3v) is 7.44. The van der Waals surface area contributed by atoms with E-state index in [1.165, 1.54) is 24.4 Å². The number of ether oxygens (including phenoxy) is 1. The van der Waals surface area contributed by atoms with Gasteiger partial charge >= 0.3 is 5.97 Å². The number of anilines is 2. The van der Waals surface area contributed by atoms with Gasteiger partial charge in [0, 0.05) is 23.1 Å². The van der Waals surface area contributed by atoms with Crippen LogP contribution in [0.3, 0.4) is 0 Å². The number of carbonyl (C=O) groups is 1. The van der Waals surface area contributed by atoms with Gasteiger partial charge in [-0.15, -0.1) is 0 Å². The predicted octanol–water partition coefficient (Wildman–Crippen LogP) is 6.68. The number of aromatic carboxylic acids is 1. The van der Waals surface area contributed by atoms with E-state index >= 15 is 0 Å². The van der Waals surface area contributed by atoms with Crippen molar-refractivity contribution in [3.63, 3.8) is 0 Å². The molecule has 2 aliphatic rings. The Kier molecular flexibility index (Phi) is 6.71. The maximum atomic E-state index is 14.2. The van der Waals surface area contributed by atoms with Gasteiger partial charge in [0.2, 0.25) is 0 Å². The molecule has 188 valence electrons. The van der Waals surface area contributed by atoms with E-state index in [-0.39, 0.29) is 24.1 Å². The number of fused-ring (bicyclic) bond motifs is 1. The van der Waals surface area contributed by atoms with E-state index in [1.54, 1.807) is 18.2 Å². The van der Waals surface area contributed by atoms with Gasteiger partial charge < -0.3 is 20.5 Å². The van der Waals surface area contributed by atoms with Crippen LogP contribution >= 0.6 is 11.6 Å². The molecule has 3 aromatic rings. The predicted molar refractivity (Wildman–Crippen MR) is 133 cm³/mol. The van der Waals surface area contributed by atoms with Gasteiger partial charge in [0.15, 0.2) is 11.6 Å². The number of nitrogens with one attached hydrogen (secondary N) is 2. The van der Waals surface area contributed by atoms with Gasteiger partial charge in [0.25, 0.3) is 0 Å². The van der Waals surface area contributed by atoms with Crippen LogP contribution in [-0.2, 0) is 5.66 Å². The van der Waals surface area contributed by atoms with Gasteiger partial charge in [-0.3, -0.25) is 0 Å². The first-order valence-corrected chi connectivity index (χ1v) is 12.4. The number of hydrogen-bond acceptors (Lipinski definition) is 5. The van der Waals surface area contributed by atoms with E-state index in [1.807, 2.05) is 12.1 Å². The van der Waals surface area contributed by atoms with E-state index in [0.717, 1.165) is 37.7 Å². The summed E-state index contributed by atoms with van der Waals surface area (Å²) in [5.74, 6) is -2.42. The van der Waals surface area contributed by atoms with Crippen molar-refractivity contribution in [2.45, 2.75) is 37.8 Å². The van der Waals surface area contributed by atoms with Gasteiger partial charge in [0.1, 0.15) is 17.1 Å². The number of pyridine rings is 1. The maximum absolute atomic E-state index is 14.2. The number of rotatable bonds is 7. The molecular formula is C27H26ClF2N3O3. The van der Waals surface area contributed by atoms with Crippen LogP contribution in [-0.4, -0.2) is 22.7 Å². The fraction of sp³-hybridized carbons (Fsp3) is 0.333. The molecule has 1 unspecified atom stereocenters. The van der Waals surface area contributed by atoms with Crippen LogP contribution in [0.25, 0.3) is 0 Å². The van der Waals surface area contributed by atoms with Crippen molar-refractivity contribution in [2.24, 2.45) is 11.8 Å². The average molecular weight is 514 g/mol. The SMILES string of the molecule is O=C(O)c1ccc(OCC(C2CCCCC2)C2(c3ccc(Cl)cc3)Nc3cc(F)c(F)cc3N2)cn1. The first kappa shape index (κ1) is 24.3. The highest BCUT2D eigenvalue weighted by Crippen LogP contribution is 2.49. The molecular weight excluding hydrogens is 488 g/mol. The molecule has 0 radical (unpaired) electrons. The molecule has 0 bridgehead atoms. The number of aromatic nitrogens is 1. The number of carboxylic acids is 1. The number of halogens is 3. The summed E-state index contributed by atoms with van der Waals surface area (Å²) in [5.41, 5.74) is 0.822. The van der Waals surface area contributed by atoms with Gasteiger partial charge in [0.05, 0.1) is 24.2 Å². The van der Waals surface area contributed by atoms with Crippen LogP contribution in [0.1, 0.15) is 48.2 Å². The normalized spacial score (nSPS) is 17.5. The van der Waals surface area contributed by atoms with Crippen molar-refractivity contribution in [3.05, 3.63) is 82.6 Å². The topological polar surface area (TPSA) is 83.5 Å². The van der Waals surface area contributed by atoms with Crippen molar-refractivity contribution < 1.29 is 23.4 Å². The molecule has 3 N–H and O–H groups in total. The second-order valence-corrected chi connectivity index (χ2v) is 9.81. The summed E-state index contributed by atoms with van der Waals surface area (Å²) >= 11 is 6.19.